The van der Waals surface area contributed by atoms with Crippen LogP contribution in [0.5, 0.6) is 5.75 Å². The summed E-state index contributed by atoms with van der Waals surface area (Å²) in [6, 6.07) is 12.7. The SMILES string of the molecule is C=CCOc1ccc(CN(C)S(=O)(=O)c2ccc(C(N)=O)cc2)cc1. The van der Waals surface area contributed by atoms with E-state index in [1.165, 1.54) is 35.6 Å². The summed E-state index contributed by atoms with van der Waals surface area (Å²) in [7, 11) is -2.17. The van der Waals surface area contributed by atoms with Crippen molar-refractivity contribution in [2.45, 2.75) is 11.4 Å². The number of amides is 1. The van der Waals surface area contributed by atoms with E-state index in [-0.39, 0.29) is 17.0 Å². The van der Waals surface area contributed by atoms with Gasteiger partial charge in [-0.1, -0.05) is 24.8 Å². The zero-order chi connectivity index (χ0) is 18.4. The molecule has 2 N–H and O–H groups in total. The fraction of sp³-hybridized carbons (Fsp3) is 0.167. The highest BCUT2D eigenvalue weighted by Gasteiger charge is 2.21. The number of ether oxygens (including phenoxy) is 1. The van der Waals surface area contributed by atoms with Crippen LogP contribution in [0.4, 0.5) is 0 Å². The molecule has 0 bridgehead atoms. The van der Waals surface area contributed by atoms with Gasteiger partial charge in [-0.2, -0.15) is 4.31 Å². The van der Waals surface area contributed by atoms with E-state index < -0.39 is 15.9 Å². The molecule has 0 atom stereocenters. The van der Waals surface area contributed by atoms with Gasteiger partial charge in [0.05, 0.1) is 4.90 Å². The number of benzene rings is 2. The number of hydrogen-bond acceptors (Lipinski definition) is 4. The first kappa shape index (κ1) is 18.7. The summed E-state index contributed by atoms with van der Waals surface area (Å²) in [6.45, 7) is 4.20. The molecule has 0 radical (unpaired) electrons. The molecule has 0 saturated heterocycles. The molecule has 0 aliphatic rings. The predicted molar refractivity (Wildman–Crippen MR) is 95.7 cm³/mol. The lowest BCUT2D eigenvalue weighted by Gasteiger charge is -2.17. The third-order valence-corrected chi connectivity index (χ3v) is 5.36. The second-order valence-corrected chi connectivity index (χ2v) is 7.44. The summed E-state index contributed by atoms with van der Waals surface area (Å²) in [5.41, 5.74) is 6.25. The Labute approximate surface area is 147 Å². The zero-order valence-corrected chi connectivity index (χ0v) is 14.7. The van der Waals surface area contributed by atoms with Crippen LogP contribution in [0.3, 0.4) is 0 Å². The first-order valence-corrected chi connectivity index (χ1v) is 8.97. The maximum atomic E-state index is 12.6. The van der Waals surface area contributed by atoms with Crippen molar-refractivity contribution in [2.75, 3.05) is 13.7 Å². The fourth-order valence-electron chi connectivity index (χ4n) is 2.16. The summed E-state index contributed by atoms with van der Waals surface area (Å²) in [4.78, 5) is 11.2. The second kappa shape index (κ2) is 7.96. The molecule has 2 rings (SSSR count). The summed E-state index contributed by atoms with van der Waals surface area (Å²) < 4.78 is 31.8. The van der Waals surface area contributed by atoms with Crippen molar-refractivity contribution in [1.82, 2.24) is 4.31 Å². The van der Waals surface area contributed by atoms with Gasteiger partial charge in [-0.05, 0) is 42.0 Å². The van der Waals surface area contributed by atoms with Crippen molar-refractivity contribution in [2.24, 2.45) is 5.73 Å². The Morgan fingerprint density at radius 1 is 1.16 bits per heavy atom. The molecule has 0 aliphatic heterocycles. The normalized spacial score (nSPS) is 11.3. The molecular weight excluding hydrogens is 340 g/mol. The fourth-order valence-corrected chi connectivity index (χ4v) is 3.32. The molecule has 6 nitrogen and oxygen atoms in total. The van der Waals surface area contributed by atoms with Crippen molar-refractivity contribution in [3.63, 3.8) is 0 Å². The molecule has 2 aromatic rings. The maximum absolute atomic E-state index is 12.6. The lowest BCUT2D eigenvalue weighted by Crippen LogP contribution is -2.26. The monoisotopic (exact) mass is 360 g/mol. The number of nitrogens with two attached hydrogens (primary N) is 1. The van der Waals surface area contributed by atoms with Gasteiger partial charge in [-0.25, -0.2) is 8.42 Å². The highest BCUT2D eigenvalue weighted by atomic mass is 32.2. The minimum absolute atomic E-state index is 0.103. The Hall–Kier alpha value is -2.64. The first-order valence-electron chi connectivity index (χ1n) is 7.53. The average Bonchev–Trinajstić information content (AvgIpc) is 2.61. The standard InChI is InChI=1S/C18H20N2O4S/c1-3-12-24-16-8-4-14(5-9-16)13-20(2)25(22,23)17-10-6-15(7-11-17)18(19)21/h3-11H,1,12-13H2,2H3,(H2,19,21). The molecule has 132 valence electrons. The quantitative estimate of drug-likeness (QED) is 0.731. The molecular formula is C18H20N2O4S. The molecule has 0 unspecified atom stereocenters. The highest BCUT2D eigenvalue weighted by molar-refractivity contribution is 7.89. The van der Waals surface area contributed by atoms with E-state index in [4.69, 9.17) is 10.5 Å². The average molecular weight is 360 g/mol. The Balaban J connectivity index is 2.11. The summed E-state index contributed by atoms with van der Waals surface area (Å²) >= 11 is 0. The van der Waals surface area contributed by atoms with E-state index in [9.17, 15) is 13.2 Å². The third kappa shape index (κ3) is 4.68. The summed E-state index contributed by atoms with van der Waals surface area (Å²) in [6.07, 6.45) is 1.65. The number of rotatable bonds is 8. The van der Waals surface area contributed by atoms with Crippen LogP contribution in [-0.2, 0) is 16.6 Å². The van der Waals surface area contributed by atoms with Gasteiger partial charge in [0, 0.05) is 19.2 Å². The molecule has 7 heteroatoms. The van der Waals surface area contributed by atoms with Gasteiger partial charge in [0.15, 0.2) is 0 Å². The number of nitrogens with zero attached hydrogens (tertiary/aromatic N) is 1. The van der Waals surface area contributed by atoms with E-state index in [2.05, 4.69) is 6.58 Å². The second-order valence-electron chi connectivity index (χ2n) is 5.39. The Kier molecular flexibility index (Phi) is 5.95. The van der Waals surface area contributed by atoms with Crippen LogP contribution in [0, 0.1) is 0 Å². The first-order chi connectivity index (χ1) is 11.8. The zero-order valence-electron chi connectivity index (χ0n) is 13.9. The molecule has 0 fully saturated rings. The van der Waals surface area contributed by atoms with Crippen molar-refractivity contribution in [3.05, 3.63) is 72.3 Å². The molecule has 0 spiro atoms. The smallest absolute Gasteiger partial charge is 0.248 e. The molecule has 1 amide bonds. The largest absolute Gasteiger partial charge is 0.490 e. The van der Waals surface area contributed by atoms with Crippen LogP contribution in [0.25, 0.3) is 0 Å². The van der Waals surface area contributed by atoms with E-state index in [0.717, 1.165) is 5.56 Å². The van der Waals surface area contributed by atoms with Gasteiger partial charge in [0.2, 0.25) is 15.9 Å². The minimum atomic E-state index is -3.67. The Morgan fingerprint density at radius 3 is 2.28 bits per heavy atom. The number of primary amides is 1. The molecule has 25 heavy (non-hydrogen) atoms. The number of carbonyl (C=O) groups excluding carboxylic acids is 1. The predicted octanol–water partition coefficient (Wildman–Crippen LogP) is 2.17. The lowest BCUT2D eigenvalue weighted by atomic mass is 10.2. The third-order valence-electron chi connectivity index (χ3n) is 3.54. The van der Waals surface area contributed by atoms with Crippen LogP contribution in [-0.4, -0.2) is 32.3 Å². The van der Waals surface area contributed by atoms with Crippen LogP contribution in [0.1, 0.15) is 15.9 Å². The maximum Gasteiger partial charge on any atom is 0.248 e. The molecule has 0 aromatic heterocycles. The van der Waals surface area contributed by atoms with Gasteiger partial charge in [-0.3, -0.25) is 4.79 Å². The van der Waals surface area contributed by atoms with E-state index in [1.54, 1.807) is 30.3 Å². The topological polar surface area (TPSA) is 89.7 Å². The van der Waals surface area contributed by atoms with E-state index in [1.807, 2.05) is 0 Å². The van der Waals surface area contributed by atoms with Gasteiger partial charge < -0.3 is 10.5 Å². The minimum Gasteiger partial charge on any atom is -0.490 e. The molecule has 0 aliphatic carbocycles. The molecule has 2 aromatic carbocycles. The Morgan fingerprint density at radius 2 is 1.76 bits per heavy atom. The van der Waals surface area contributed by atoms with Gasteiger partial charge >= 0.3 is 0 Å². The van der Waals surface area contributed by atoms with Crippen molar-refractivity contribution >= 4 is 15.9 Å². The van der Waals surface area contributed by atoms with E-state index >= 15 is 0 Å². The van der Waals surface area contributed by atoms with Crippen LogP contribution in [0.15, 0.2) is 66.1 Å². The van der Waals surface area contributed by atoms with Crippen molar-refractivity contribution < 1.29 is 17.9 Å². The summed E-state index contributed by atoms with van der Waals surface area (Å²) in [5, 5.41) is 0. The highest BCUT2D eigenvalue weighted by Crippen LogP contribution is 2.19. The molecule has 0 saturated carbocycles. The Bertz CT molecular complexity index is 844. The number of carbonyl (C=O) groups is 1. The lowest BCUT2D eigenvalue weighted by molar-refractivity contribution is 0.1000. The van der Waals surface area contributed by atoms with Crippen molar-refractivity contribution in [1.29, 1.82) is 0 Å². The van der Waals surface area contributed by atoms with Gasteiger partial charge in [-0.15, -0.1) is 0 Å². The van der Waals surface area contributed by atoms with Gasteiger partial charge in [0.1, 0.15) is 12.4 Å². The van der Waals surface area contributed by atoms with Crippen molar-refractivity contribution in [3.8, 4) is 5.75 Å². The summed E-state index contributed by atoms with van der Waals surface area (Å²) in [5.74, 6) is 0.0901. The number of hydrogen-bond donors (Lipinski definition) is 1. The van der Waals surface area contributed by atoms with Crippen LogP contribution in [0.2, 0.25) is 0 Å². The van der Waals surface area contributed by atoms with Crippen LogP contribution < -0.4 is 10.5 Å². The van der Waals surface area contributed by atoms with Crippen LogP contribution >= 0.6 is 0 Å². The molecule has 0 heterocycles. The van der Waals surface area contributed by atoms with Gasteiger partial charge in [0.25, 0.3) is 0 Å². The number of sulfonamides is 1. The van der Waals surface area contributed by atoms with E-state index in [0.29, 0.717) is 12.4 Å².